The molecule has 1 aromatic rings. The van der Waals surface area contributed by atoms with Crippen molar-refractivity contribution in [2.45, 2.75) is 39.2 Å². The van der Waals surface area contributed by atoms with Crippen molar-refractivity contribution in [3.63, 3.8) is 0 Å². The number of halogens is 1. The van der Waals surface area contributed by atoms with Crippen LogP contribution >= 0.6 is 11.6 Å². The minimum atomic E-state index is 0.124. The minimum Gasteiger partial charge on any atom is -0.336 e. The van der Waals surface area contributed by atoms with E-state index in [0.29, 0.717) is 11.1 Å². The SMILES string of the molecule is CCCN(C(=O)c1cccc(Cl)c1C)C1CCNCC1. The number of amides is 1. The summed E-state index contributed by atoms with van der Waals surface area (Å²) in [5.74, 6) is 0.124. The Morgan fingerprint density at radius 3 is 2.75 bits per heavy atom. The summed E-state index contributed by atoms with van der Waals surface area (Å²) in [7, 11) is 0. The molecule has 1 amide bonds. The summed E-state index contributed by atoms with van der Waals surface area (Å²) in [5, 5.41) is 4.02. The van der Waals surface area contributed by atoms with E-state index in [1.54, 1.807) is 0 Å². The molecule has 0 spiro atoms. The number of hydrogen-bond acceptors (Lipinski definition) is 2. The molecule has 0 atom stereocenters. The molecule has 0 radical (unpaired) electrons. The smallest absolute Gasteiger partial charge is 0.254 e. The largest absolute Gasteiger partial charge is 0.336 e. The summed E-state index contributed by atoms with van der Waals surface area (Å²) in [4.78, 5) is 14.9. The number of carbonyl (C=O) groups excluding carboxylic acids is 1. The molecule has 1 N–H and O–H groups in total. The van der Waals surface area contributed by atoms with Crippen LogP contribution in [0.2, 0.25) is 5.02 Å². The number of hydrogen-bond donors (Lipinski definition) is 1. The molecular formula is C16H23ClN2O. The van der Waals surface area contributed by atoms with Gasteiger partial charge in [0.25, 0.3) is 5.91 Å². The van der Waals surface area contributed by atoms with E-state index in [0.717, 1.165) is 50.0 Å². The van der Waals surface area contributed by atoms with Crippen molar-refractivity contribution in [1.82, 2.24) is 10.2 Å². The second-order valence-electron chi connectivity index (χ2n) is 5.39. The lowest BCUT2D eigenvalue weighted by atomic mass is 10.0. The highest BCUT2D eigenvalue weighted by molar-refractivity contribution is 6.31. The molecule has 4 heteroatoms. The third-order valence-corrected chi connectivity index (χ3v) is 4.38. The summed E-state index contributed by atoms with van der Waals surface area (Å²) in [6.07, 6.45) is 3.05. The van der Waals surface area contributed by atoms with Crippen LogP contribution in [-0.4, -0.2) is 36.5 Å². The number of nitrogens with zero attached hydrogens (tertiary/aromatic N) is 1. The number of benzene rings is 1. The fraction of sp³-hybridized carbons (Fsp3) is 0.562. The molecule has 1 heterocycles. The first-order chi connectivity index (χ1) is 9.65. The maximum atomic E-state index is 12.9. The standard InChI is InChI=1S/C16H23ClN2O/c1-3-11-19(13-7-9-18-10-8-13)16(20)14-5-4-6-15(17)12(14)2/h4-6,13,18H,3,7-11H2,1-2H3. The average molecular weight is 295 g/mol. The summed E-state index contributed by atoms with van der Waals surface area (Å²) < 4.78 is 0. The topological polar surface area (TPSA) is 32.3 Å². The molecule has 1 aliphatic rings. The van der Waals surface area contributed by atoms with E-state index in [-0.39, 0.29) is 5.91 Å². The van der Waals surface area contributed by atoms with Gasteiger partial charge in [0.2, 0.25) is 0 Å². The van der Waals surface area contributed by atoms with Crippen LogP contribution in [0.1, 0.15) is 42.1 Å². The third kappa shape index (κ3) is 3.33. The van der Waals surface area contributed by atoms with Gasteiger partial charge in [0.05, 0.1) is 0 Å². The Hall–Kier alpha value is -1.06. The number of rotatable bonds is 4. The fourth-order valence-corrected chi connectivity index (χ4v) is 2.98. The first kappa shape index (κ1) is 15.3. The zero-order chi connectivity index (χ0) is 14.5. The van der Waals surface area contributed by atoms with Gasteiger partial charge in [0.1, 0.15) is 0 Å². The first-order valence-corrected chi connectivity index (χ1v) is 7.79. The van der Waals surface area contributed by atoms with Crippen LogP contribution in [-0.2, 0) is 0 Å². The monoisotopic (exact) mass is 294 g/mol. The van der Waals surface area contributed by atoms with Gasteiger partial charge in [0, 0.05) is 23.2 Å². The highest BCUT2D eigenvalue weighted by Gasteiger charge is 2.26. The van der Waals surface area contributed by atoms with E-state index in [2.05, 4.69) is 12.2 Å². The molecule has 0 aromatic heterocycles. The van der Waals surface area contributed by atoms with Gasteiger partial charge in [-0.15, -0.1) is 0 Å². The van der Waals surface area contributed by atoms with Gasteiger partial charge in [-0.05, 0) is 57.0 Å². The molecule has 0 saturated carbocycles. The predicted octanol–water partition coefficient (Wildman–Crippen LogP) is 3.25. The summed E-state index contributed by atoms with van der Waals surface area (Å²) in [6.45, 7) is 6.84. The van der Waals surface area contributed by atoms with Gasteiger partial charge >= 0.3 is 0 Å². The normalized spacial score (nSPS) is 16.1. The molecule has 110 valence electrons. The highest BCUT2D eigenvalue weighted by atomic mass is 35.5. The number of nitrogens with one attached hydrogen (secondary N) is 1. The maximum absolute atomic E-state index is 12.9. The van der Waals surface area contributed by atoms with Crippen LogP contribution in [0.3, 0.4) is 0 Å². The highest BCUT2D eigenvalue weighted by Crippen LogP contribution is 2.22. The zero-order valence-corrected chi connectivity index (χ0v) is 13.0. The summed E-state index contributed by atoms with van der Waals surface area (Å²) >= 11 is 6.14. The van der Waals surface area contributed by atoms with Crippen LogP contribution in [0, 0.1) is 6.92 Å². The molecule has 2 rings (SSSR count). The van der Waals surface area contributed by atoms with Crippen molar-refractivity contribution in [3.8, 4) is 0 Å². The Labute approximate surface area is 126 Å². The van der Waals surface area contributed by atoms with Crippen LogP contribution in [0.15, 0.2) is 18.2 Å². The van der Waals surface area contributed by atoms with Crippen LogP contribution in [0.5, 0.6) is 0 Å². The average Bonchev–Trinajstić information content (AvgIpc) is 2.48. The lowest BCUT2D eigenvalue weighted by Gasteiger charge is -2.35. The van der Waals surface area contributed by atoms with E-state index in [4.69, 9.17) is 11.6 Å². The molecule has 1 saturated heterocycles. The quantitative estimate of drug-likeness (QED) is 0.924. The third-order valence-electron chi connectivity index (χ3n) is 3.97. The van der Waals surface area contributed by atoms with Crippen molar-refractivity contribution in [2.75, 3.05) is 19.6 Å². The molecule has 1 fully saturated rings. The van der Waals surface area contributed by atoms with E-state index >= 15 is 0 Å². The molecule has 1 aromatic carbocycles. The van der Waals surface area contributed by atoms with Crippen LogP contribution in [0.4, 0.5) is 0 Å². The predicted molar refractivity (Wildman–Crippen MR) is 83.4 cm³/mol. The van der Waals surface area contributed by atoms with Gasteiger partial charge in [-0.3, -0.25) is 4.79 Å². The van der Waals surface area contributed by atoms with Crippen LogP contribution in [0.25, 0.3) is 0 Å². The van der Waals surface area contributed by atoms with Gasteiger partial charge < -0.3 is 10.2 Å². The van der Waals surface area contributed by atoms with E-state index in [1.165, 1.54) is 0 Å². The van der Waals surface area contributed by atoms with Crippen molar-refractivity contribution in [2.24, 2.45) is 0 Å². The van der Waals surface area contributed by atoms with Gasteiger partial charge in [-0.1, -0.05) is 24.6 Å². The fourth-order valence-electron chi connectivity index (χ4n) is 2.80. The van der Waals surface area contributed by atoms with Gasteiger partial charge in [-0.2, -0.15) is 0 Å². The Bertz CT molecular complexity index is 470. The second kappa shape index (κ2) is 7.09. The molecule has 0 aliphatic carbocycles. The molecule has 3 nitrogen and oxygen atoms in total. The molecule has 1 aliphatic heterocycles. The molecule has 20 heavy (non-hydrogen) atoms. The summed E-state index contributed by atoms with van der Waals surface area (Å²) in [5.41, 5.74) is 1.62. The Morgan fingerprint density at radius 2 is 2.10 bits per heavy atom. The Kier molecular flexibility index (Phi) is 5.44. The van der Waals surface area contributed by atoms with Gasteiger partial charge in [0.15, 0.2) is 0 Å². The van der Waals surface area contributed by atoms with Crippen LogP contribution < -0.4 is 5.32 Å². The lowest BCUT2D eigenvalue weighted by molar-refractivity contribution is 0.0642. The molecule has 0 unspecified atom stereocenters. The zero-order valence-electron chi connectivity index (χ0n) is 12.3. The molecule has 0 bridgehead atoms. The van der Waals surface area contributed by atoms with Crippen molar-refractivity contribution < 1.29 is 4.79 Å². The van der Waals surface area contributed by atoms with Crippen molar-refractivity contribution in [1.29, 1.82) is 0 Å². The number of carbonyl (C=O) groups is 1. The minimum absolute atomic E-state index is 0.124. The van der Waals surface area contributed by atoms with E-state index < -0.39 is 0 Å². The van der Waals surface area contributed by atoms with Crippen molar-refractivity contribution >= 4 is 17.5 Å². The van der Waals surface area contributed by atoms with Gasteiger partial charge in [-0.25, -0.2) is 0 Å². The maximum Gasteiger partial charge on any atom is 0.254 e. The Balaban J connectivity index is 2.23. The second-order valence-corrected chi connectivity index (χ2v) is 5.80. The van der Waals surface area contributed by atoms with E-state index in [9.17, 15) is 4.79 Å². The van der Waals surface area contributed by atoms with Crippen molar-refractivity contribution in [3.05, 3.63) is 34.3 Å². The number of piperidine rings is 1. The van der Waals surface area contributed by atoms with E-state index in [1.807, 2.05) is 30.0 Å². The Morgan fingerprint density at radius 1 is 1.40 bits per heavy atom. The summed E-state index contributed by atoms with van der Waals surface area (Å²) in [6, 6.07) is 5.92. The first-order valence-electron chi connectivity index (χ1n) is 7.42. The molecular weight excluding hydrogens is 272 g/mol. The lowest BCUT2D eigenvalue weighted by Crippen LogP contribution is -2.46.